The normalized spacial score (nSPS) is 26.6. The molecule has 3 rings (SSSR count). The zero-order valence-corrected chi connectivity index (χ0v) is 11.8. The SMILES string of the molecule is CN1CCCC(N2CCN(c3ccccn3)CC2)C1. The highest BCUT2D eigenvalue weighted by Crippen LogP contribution is 2.18. The highest BCUT2D eigenvalue weighted by atomic mass is 15.3. The monoisotopic (exact) mass is 260 g/mol. The third-order valence-corrected chi connectivity index (χ3v) is 4.40. The summed E-state index contributed by atoms with van der Waals surface area (Å²) in [5.74, 6) is 1.13. The van der Waals surface area contributed by atoms with E-state index in [9.17, 15) is 0 Å². The molecule has 0 amide bonds. The highest BCUT2D eigenvalue weighted by Gasteiger charge is 2.26. The first-order valence-corrected chi connectivity index (χ1v) is 7.41. The van der Waals surface area contributed by atoms with Crippen molar-refractivity contribution in [1.29, 1.82) is 0 Å². The fourth-order valence-corrected chi connectivity index (χ4v) is 3.29. The van der Waals surface area contributed by atoms with Gasteiger partial charge < -0.3 is 9.80 Å². The molecule has 0 radical (unpaired) electrons. The maximum Gasteiger partial charge on any atom is 0.128 e. The standard InChI is InChI=1S/C15H24N4/c1-17-8-4-5-14(13-17)18-9-11-19(12-10-18)15-6-2-3-7-16-15/h2-3,6-7,14H,4-5,8-13H2,1H3. The van der Waals surface area contributed by atoms with Gasteiger partial charge in [0.05, 0.1) is 0 Å². The molecule has 1 aromatic heterocycles. The number of likely N-dealkylation sites (tertiary alicyclic amines) is 1. The third-order valence-electron chi connectivity index (χ3n) is 4.40. The summed E-state index contributed by atoms with van der Waals surface area (Å²) < 4.78 is 0. The zero-order chi connectivity index (χ0) is 13.1. The molecule has 0 saturated carbocycles. The summed E-state index contributed by atoms with van der Waals surface area (Å²) in [6.07, 6.45) is 4.60. The number of anilines is 1. The lowest BCUT2D eigenvalue weighted by molar-refractivity contribution is 0.106. The molecule has 2 saturated heterocycles. The molecular formula is C15H24N4. The summed E-state index contributed by atoms with van der Waals surface area (Å²) in [7, 11) is 2.25. The van der Waals surface area contributed by atoms with Gasteiger partial charge >= 0.3 is 0 Å². The predicted octanol–water partition coefficient (Wildman–Crippen LogP) is 1.30. The summed E-state index contributed by atoms with van der Waals surface area (Å²) in [5, 5.41) is 0. The fourth-order valence-electron chi connectivity index (χ4n) is 3.29. The molecule has 2 aliphatic heterocycles. The van der Waals surface area contributed by atoms with Crippen molar-refractivity contribution in [3.63, 3.8) is 0 Å². The van der Waals surface area contributed by atoms with E-state index in [4.69, 9.17) is 0 Å². The molecule has 1 unspecified atom stereocenters. The smallest absolute Gasteiger partial charge is 0.128 e. The van der Waals surface area contributed by atoms with E-state index >= 15 is 0 Å². The second-order valence-electron chi connectivity index (χ2n) is 5.77. The van der Waals surface area contributed by atoms with Crippen LogP contribution in [0.3, 0.4) is 0 Å². The second kappa shape index (κ2) is 5.88. The molecule has 4 nitrogen and oxygen atoms in total. The van der Waals surface area contributed by atoms with Gasteiger partial charge in [0.2, 0.25) is 0 Å². The van der Waals surface area contributed by atoms with Crippen LogP contribution < -0.4 is 4.90 Å². The molecule has 0 N–H and O–H groups in total. The molecule has 3 heterocycles. The van der Waals surface area contributed by atoms with Gasteiger partial charge in [0.25, 0.3) is 0 Å². The number of likely N-dealkylation sites (N-methyl/N-ethyl adjacent to an activating group) is 1. The Labute approximate surface area is 116 Å². The van der Waals surface area contributed by atoms with Gasteiger partial charge in [-0.15, -0.1) is 0 Å². The van der Waals surface area contributed by atoms with Gasteiger partial charge in [-0.25, -0.2) is 4.98 Å². The molecule has 1 aromatic rings. The number of hydrogen-bond acceptors (Lipinski definition) is 4. The Morgan fingerprint density at radius 1 is 1.11 bits per heavy atom. The Kier molecular flexibility index (Phi) is 3.99. The van der Waals surface area contributed by atoms with Gasteiger partial charge in [-0.05, 0) is 38.6 Å². The topological polar surface area (TPSA) is 22.6 Å². The molecule has 2 aliphatic rings. The van der Waals surface area contributed by atoms with E-state index in [-0.39, 0.29) is 0 Å². The Hall–Kier alpha value is -1.13. The average molecular weight is 260 g/mol. The molecule has 4 heteroatoms. The molecular weight excluding hydrogens is 236 g/mol. The summed E-state index contributed by atoms with van der Waals surface area (Å²) in [4.78, 5) is 12.0. The number of nitrogens with zero attached hydrogens (tertiary/aromatic N) is 4. The molecule has 104 valence electrons. The second-order valence-corrected chi connectivity index (χ2v) is 5.77. The minimum Gasteiger partial charge on any atom is -0.354 e. The highest BCUT2D eigenvalue weighted by molar-refractivity contribution is 5.38. The lowest BCUT2D eigenvalue weighted by atomic mass is 10.0. The molecule has 2 fully saturated rings. The van der Waals surface area contributed by atoms with Gasteiger partial charge in [0.1, 0.15) is 5.82 Å². The van der Waals surface area contributed by atoms with Crippen LogP contribution in [0.4, 0.5) is 5.82 Å². The van der Waals surface area contributed by atoms with Gasteiger partial charge in [-0.1, -0.05) is 6.07 Å². The first kappa shape index (κ1) is 12.9. The molecule has 1 atom stereocenters. The van der Waals surface area contributed by atoms with E-state index in [0.29, 0.717) is 0 Å². The number of aromatic nitrogens is 1. The van der Waals surface area contributed by atoms with E-state index in [2.05, 4.69) is 38.9 Å². The minimum absolute atomic E-state index is 0.768. The Balaban J connectivity index is 1.54. The van der Waals surface area contributed by atoms with Crippen LogP contribution in [0.1, 0.15) is 12.8 Å². The Morgan fingerprint density at radius 3 is 2.63 bits per heavy atom. The zero-order valence-electron chi connectivity index (χ0n) is 11.8. The van der Waals surface area contributed by atoms with Crippen molar-refractivity contribution in [2.45, 2.75) is 18.9 Å². The van der Waals surface area contributed by atoms with Crippen molar-refractivity contribution < 1.29 is 0 Å². The Morgan fingerprint density at radius 2 is 1.95 bits per heavy atom. The van der Waals surface area contributed by atoms with Crippen LogP contribution in [-0.2, 0) is 0 Å². The van der Waals surface area contributed by atoms with Crippen LogP contribution >= 0.6 is 0 Å². The molecule has 0 aliphatic carbocycles. The lowest BCUT2D eigenvalue weighted by Crippen LogP contribution is -2.54. The van der Waals surface area contributed by atoms with Gasteiger partial charge in [0, 0.05) is 45.0 Å². The summed E-state index contributed by atoms with van der Waals surface area (Å²) in [6.45, 7) is 7.08. The fraction of sp³-hybridized carbons (Fsp3) is 0.667. The van der Waals surface area contributed by atoms with Gasteiger partial charge in [0.15, 0.2) is 0 Å². The molecule has 19 heavy (non-hydrogen) atoms. The van der Waals surface area contributed by atoms with Crippen molar-refractivity contribution in [3.05, 3.63) is 24.4 Å². The van der Waals surface area contributed by atoms with E-state index in [1.54, 1.807) is 0 Å². The summed E-state index contributed by atoms with van der Waals surface area (Å²) in [5.41, 5.74) is 0. The van der Waals surface area contributed by atoms with E-state index in [1.807, 2.05) is 12.3 Å². The van der Waals surface area contributed by atoms with Crippen molar-refractivity contribution in [2.75, 3.05) is 51.2 Å². The van der Waals surface area contributed by atoms with Crippen LogP contribution in [0, 0.1) is 0 Å². The number of piperazine rings is 1. The van der Waals surface area contributed by atoms with Crippen molar-refractivity contribution in [3.8, 4) is 0 Å². The van der Waals surface area contributed by atoms with E-state index < -0.39 is 0 Å². The first-order valence-electron chi connectivity index (χ1n) is 7.41. The lowest BCUT2D eigenvalue weighted by Gasteiger charge is -2.42. The van der Waals surface area contributed by atoms with Crippen molar-refractivity contribution in [2.24, 2.45) is 0 Å². The van der Waals surface area contributed by atoms with Crippen molar-refractivity contribution in [1.82, 2.24) is 14.8 Å². The Bertz CT molecular complexity index is 386. The number of pyridine rings is 1. The van der Waals surface area contributed by atoms with Crippen LogP contribution in [0.5, 0.6) is 0 Å². The number of hydrogen-bond donors (Lipinski definition) is 0. The van der Waals surface area contributed by atoms with E-state index in [0.717, 1.165) is 24.9 Å². The molecule has 0 bridgehead atoms. The maximum absolute atomic E-state index is 4.45. The number of piperidine rings is 1. The minimum atomic E-state index is 0.768. The summed E-state index contributed by atoms with van der Waals surface area (Å²) >= 11 is 0. The predicted molar refractivity (Wildman–Crippen MR) is 78.5 cm³/mol. The van der Waals surface area contributed by atoms with Crippen LogP contribution in [0.15, 0.2) is 24.4 Å². The maximum atomic E-state index is 4.45. The van der Waals surface area contributed by atoms with Gasteiger partial charge in [-0.2, -0.15) is 0 Å². The van der Waals surface area contributed by atoms with Crippen molar-refractivity contribution >= 4 is 5.82 Å². The van der Waals surface area contributed by atoms with Crippen LogP contribution in [0.25, 0.3) is 0 Å². The quantitative estimate of drug-likeness (QED) is 0.799. The van der Waals surface area contributed by atoms with E-state index in [1.165, 1.54) is 39.0 Å². The summed E-state index contributed by atoms with van der Waals surface area (Å²) in [6, 6.07) is 6.94. The molecule has 0 spiro atoms. The number of rotatable bonds is 2. The third kappa shape index (κ3) is 3.07. The molecule has 0 aromatic carbocycles. The van der Waals surface area contributed by atoms with Crippen LogP contribution in [0.2, 0.25) is 0 Å². The average Bonchev–Trinajstić information content (AvgIpc) is 2.48. The largest absolute Gasteiger partial charge is 0.354 e. The van der Waals surface area contributed by atoms with Crippen LogP contribution in [-0.4, -0.2) is 67.1 Å². The first-order chi connectivity index (χ1) is 9.33. The van der Waals surface area contributed by atoms with Gasteiger partial charge in [-0.3, -0.25) is 4.90 Å².